The zero-order chi connectivity index (χ0) is 30.3. The number of nitrogens with one attached hydrogen (secondary N) is 1. The normalized spacial score (nSPS) is 15.5. The molecule has 1 atom stereocenters. The number of hydrogen-bond acceptors (Lipinski definition) is 4. The highest BCUT2D eigenvalue weighted by Gasteiger charge is 2.35. The summed E-state index contributed by atoms with van der Waals surface area (Å²) in [5.74, 6) is 0.186. The molecule has 5 rings (SSSR count). The smallest absolute Gasteiger partial charge is 0.337 e. The van der Waals surface area contributed by atoms with Crippen molar-refractivity contribution in [1.29, 1.82) is 0 Å². The largest absolute Gasteiger partial charge is 0.493 e. The predicted octanol–water partition coefficient (Wildman–Crippen LogP) is 8.26. The first kappa shape index (κ1) is 29.8. The van der Waals surface area contributed by atoms with E-state index in [1.165, 1.54) is 5.56 Å². The molecule has 1 saturated carbocycles. The Labute approximate surface area is 249 Å². The first-order valence-electron chi connectivity index (χ1n) is 15.0. The molecule has 0 spiro atoms. The number of benzene rings is 3. The van der Waals surface area contributed by atoms with Gasteiger partial charge in [0.05, 0.1) is 17.9 Å². The molecule has 1 fully saturated rings. The molecule has 42 heavy (non-hydrogen) atoms. The van der Waals surface area contributed by atoms with Gasteiger partial charge < -0.3 is 19.9 Å². The van der Waals surface area contributed by atoms with Gasteiger partial charge >= 0.3 is 5.97 Å². The number of aryl methyl sites for hydroxylation is 3. The van der Waals surface area contributed by atoms with Crippen molar-refractivity contribution in [2.45, 2.75) is 92.3 Å². The summed E-state index contributed by atoms with van der Waals surface area (Å²) >= 11 is 0. The van der Waals surface area contributed by atoms with Gasteiger partial charge in [0, 0.05) is 17.5 Å². The van der Waals surface area contributed by atoms with Crippen molar-refractivity contribution in [1.82, 2.24) is 0 Å². The first-order valence-corrected chi connectivity index (χ1v) is 15.0. The molecule has 1 aliphatic heterocycles. The molecule has 3 aromatic rings. The average molecular weight is 570 g/mol. The zero-order valence-electron chi connectivity index (χ0n) is 25.9. The molecule has 1 aliphatic carbocycles. The lowest BCUT2D eigenvalue weighted by molar-refractivity contribution is -0.160. The molecule has 3 aromatic carbocycles. The number of carbonyl (C=O) groups is 2. The van der Waals surface area contributed by atoms with E-state index >= 15 is 0 Å². The van der Waals surface area contributed by atoms with Crippen molar-refractivity contribution < 1.29 is 24.2 Å². The fourth-order valence-corrected chi connectivity index (χ4v) is 6.01. The Hall–Kier alpha value is -3.64. The van der Waals surface area contributed by atoms with Gasteiger partial charge in [0.1, 0.15) is 5.75 Å². The fraction of sp³-hybridized carbons (Fsp3) is 0.444. The highest BCUT2D eigenvalue weighted by atomic mass is 16.5. The van der Waals surface area contributed by atoms with Crippen LogP contribution in [0.2, 0.25) is 0 Å². The number of amides is 1. The van der Waals surface area contributed by atoms with E-state index in [0.29, 0.717) is 35.8 Å². The molecule has 0 saturated heterocycles. The minimum Gasteiger partial charge on any atom is -0.493 e. The van der Waals surface area contributed by atoms with E-state index in [9.17, 15) is 14.7 Å². The molecule has 0 aromatic heterocycles. The minimum absolute atomic E-state index is 0.0432. The lowest BCUT2D eigenvalue weighted by atomic mass is 9.81. The number of aliphatic carboxylic acids is 1. The van der Waals surface area contributed by atoms with Crippen LogP contribution in [0, 0.1) is 33.6 Å². The van der Waals surface area contributed by atoms with Gasteiger partial charge in [0.15, 0.2) is 6.10 Å². The molecule has 0 radical (unpaired) electrons. The van der Waals surface area contributed by atoms with Gasteiger partial charge in [-0.2, -0.15) is 0 Å². The van der Waals surface area contributed by atoms with Crippen LogP contribution in [0.15, 0.2) is 36.4 Å². The SMILES string of the molecule is Cc1ccc(-c2c(C)c(-c3ccc4c(c3)CCCO4)c(C(OC(C)(C)C)C(=O)O)c(C)c2NC(=O)CC2CC2)cc1C. The van der Waals surface area contributed by atoms with Crippen LogP contribution in [0.5, 0.6) is 5.75 Å². The highest BCUT2D eigenvalue weighted by Crippen LogP contribution is 2.48. The maximum absolute atomic E-state index is 13.3. The van der Waals surface area contributed by atoms with E-state index in [-0.39, 0.29) is 5.91 Å². The van der Waals surface area contributed by atoms with Crippen molar-refractivity contribution in [3.05, 3.63) is 69.8 Å². The van der Waals surface area contributed by atoms with E-state index in [2.05, 4.69) is 43.4 Å². The van der Waals surface area contributed by atoms with Gasteiger partial charge in [-0.15, -0.1) is 0 Å². The zero-order valence-corrected chi connectivity index (χ0v) is 25.9. The van der Waals surface area contributed by atoms with Gasteiger partial charge in [-0.3, -0.25) is 4.79 Å². The monoisotopic (exact) mass is 569 g/mol. The Morgan fingerprint density at radius 3 is 2.31 bits per heavy atom. The van der Waals surface area contributed by atoms with E-state index in [1.807, 2.05) is 46.8 Å². The maximum atomic E-state index is 13.3. The van der Waals surface area contributed by atoms with E-state index < -0.39 is 17.7 Å². The average Bonchev–Trinajstić information content (AvgIpc) is 3.74. The number of fused-ring (bicyclic) bond motifs is 1. The summed E-state index contributed by atoms with van der Waals surface area (Å²) < 4.78 is 12.2. The number of carbonyl (C=O) groups excluding carboxylic acids is 1. The molecule has 6 heteroatoms. The number of carboxylic acids is 1. The van der Waals surface area contributed by atoms with Gasteiger partial charge in [-0.1, -0.05) is 24.3 Å². The molecule has 222 valence electrons. The third kappa shape index (κ3) is 6.24. The van der Waals surface area contributed by atoms with Gasteiger partial charge in [-0.25, -0.2) is 4.79 Å². The summed E-state index contributed by atoms with van der Waals surface area (Å²) in [5.41, 5.74) is 9.20. The summed E-state index contributed by atoms with van der Waals surface area (Å²) in [5, 5.41) is 13.8. The number of anilines is 1. The van der Waals surface area contributed by atoms with Crippen LogP contribution < -0.4 is 10.1 Å². The summed E-state index contributed by atoms with van der Waals surface area (Å²) in [7, 11) is 0. The standard InChI is InChI=1S/C36H43NO5/c1-20-10-13-26(17-21(20)2)31-22(3)30(27-14-15-28-25(19-27)9-8-16-41-28)32(34(35(39)40)42-36(5,6)7)23(4)33(31)37-29(38)18-24-11-12-24/h10,13-15,17,19,24,34H,8-9,11-12,16,18H2,1-7H3,(H,37,38)(H,39,40). The van der Waals surface area contributed by atoms with Crippen LogP contribution in [0.1, 0.15) is 85.9 Å². The first-order chi connectivity index (χ1) is 19.8. The fourth-order valence-electron chi connectivity index (χ4n) is 6.01. The molecule has 1 unspecified atom stereocenters. The van der Waals surface area contributed by atoms with E-state index in [0.717, 1.165) is 70.4 Å². The Kier molecular flexibility index (Phi) is 8.21. The van der Waals surface area contributed by atoms with Crippen molar-refractivity contribution in [3.63, 3.8) is 0 Å². The predicted molar refractivity (Wildman–Crippen MR) is 167 cm³/mol. The quantitative estimate of drug-likeness (QED) is 0.285. The highest BCUT2D eigenvalue weighted by molar-refractivity contribution is 6.01. The van der Waals surface area contributed by atoms with Crippen LogP contribution in [-0.4, -0.2) is 29.2 Å². The Balaban J connectivity index is 1.83. The number of ether oxygens (including phenoxy) is 2. The molecular weight excluding hydrogens is 526 g/mol. The lowest BCUT2D eigenvalue weighted by Crippen LogP contribution is -2.29. The molecule has 2 N–H and O–H groups in total. The number of hydrogen-bond donors (Lipinski definition) is 2. The second-order valence-corrected chi connectivity index (χ2v) is 13.0. The van der Waals surface area contributed by atoms with Gasteiger partial charge in [0.25, 0.3) is 0 Å². The minimum atomic E-state index is -1.24. The Morgan fingerprint density at radius 1 is 0.976 bits per heavy atom. The number of carboxylic acid groups (broad SMARTS) is 1. The van der Waals surface area contributed by atoms with Crippen LogP contribution >= 0.6 is 0 Å². The summed E-state index contributed by atoms with van der Waals surface area (Å²) in [6.07, 6.45) is 3.21. The van der Waals surface area contributed by atoms with Crippen molar-refractivity contribution in [2.75, 3.05) is 11.9 Å². The third-order valence-corrected chi connectivity index (χ3v) is 8.43. The molecule has 1 heterocycles. The Morgan fingerprint density at radius 2 is 1.67 bits per heavy atom. The van der Waals surface area contributed by atoms with Crippen LogP contribution in [-0.2, 0) is 20.7 Å². The molecule has 1 amide bonds. The summed E-state index contributed by atoms with van der Waals surface area (Å²) in [6.45, 7) is 14.4. The van der Waals surface area contributed by atoms with E-state index in [1.54, 1.807) is 0 Å². The second kappa shape index (κ2) is 11.6. The van der Waals surface area contributed by atoms with Crippen LogP contribution in [0.25, 0.3) is 22.3 Å². The van der Waals surface area contributed by atoms with Crippen molar-refractivity contribution >= 4 is 17.6 Å². The van der Waals surface area contributed by atoms with Crippen molar-refractivity contribution in [2.24, 2.45) is 5.92 Å². The van der Waals surface area contributed by atoms with Crippen molar-refractivity contribution in [3.8, 4) is 28.0 Å². The second-order valence-electron chi connectivity index (χ2n) is 13.0. The molecular formula is C36H43NO5. The van der Waals surface area contributed by atoms with E-state index in [4.69, 9.17) is 9.47 Å². The molecule has 6 nitrogen and oxygen atoms in total. The lowest BCUT2D eigenvalue weighted by Gasteiger charge is -2.31. The van der Waals surface area contributed by atoms with Crippen LogP contribution in [0.4, 0.5) is 5.69 Å². The molecule has 2 aliphatic rings. The van der Waals surface area contributed by atoms with Gasteiger partial charge in [0.2, 0.25) is 5.91 Å². The molecule has 0 bridgehead atoms. The number of rotatable bonds is 8. The van der Waals surface area contributed by atoms with Gasteiger partial charge in [-0.05, 0) is 137 Å². The topological polar surface area (TPSA) is 84.9 Å². The maximum Gasteiger partial charge on any atom is 0.337 e. The third-order valence-electron chi connectivity index (χ3n) is 8.43. The van der Waals surface area contributed by atoms with Crippen LogP contribution in [0.3, 0.4) is 0 Å². The summed E-state index contributed by atoms with van der Waals surface area (Å²) in [4.78, 5) is 26.3. The Bertz CT molecular complexity index is 1540. The summed E-state index contributed by atoms with van der Waals surface area (Å²) in [6, 6.07) is 12.5.